The number of nitrogens with one attached hydrogen (secondary N) is 2. The number of nitrogens with zero attached hydrogens (tertiary/aromatic N) is 3. The maximum atomic E-state index is 12.6. The van der Waals surface area contributed by atoms with Gasteiger partial charge >= 0.3 is 6.03 Å². The summed E-state index contributed by atoms with van der Waals surface area (Å²) in [6.45, 7) is 3.99. The Balaban J connectivity index is 2.00. The lowest BCUT2D eigenvalue weighted by Crippen LogP contribution is -2.41. The van der Waals surface area contributed by atoms with Crippen molar-refractivity contribution in [3.63, 3.8) is 0 Å². The number of anilines is 2. The minimum absolute atomic E-state index is 0.0694. The predicted molar refractivity (Wildman–Crippen MR) is 103 cm³/mol. The van der Waals surface area contributed by atoms with Crippen LogP contribution in [-0.4, -0.2) is 40.0 Å². The van der Waals surface area contributed by atoms with Gasteiger partial charge in [-0.2, -0.15) is 0 Å². The summed E-state index contributed by atoms with van der Waals surface area (Å²) in [5, 5.41) is 19.6. The Morgan fingerprint density at radius 1 is 1.21 bits per heavy atom. The molecule has 0 spiro atoms. The molecule has 0 saturated heterocycles. The van der Waals surface area contributed by atoms with Crippen molar-refractivity contribution in [3.8, 4) is 0 Å². The first kappa shape index (κ1) is 20.9. The van der Waals surface area contributed by atoms with Crippen LogP contribution in [0.2, 0.25) is 0 Å². The van der Waals surface area contributed by atoms with Gasteiger partial charge in [0.2, 0.25) is 5.91 Å². The van der Waals surface area contributed by atoms with Crippen molar-refractivity contribution < 1.29 is 19.0 Å². The molecule has 0 atom stereocenters. The van der Waals surface area contributed by atoms with Gasteiger partial charge in [0.05, 0.1) is 4.92 Å². The van der Waals surface area contributed by atoms with E-state index in [1.54, 1.807) is 13.0 Å². The number of urea groups is 1. The van der Waals surface area contributed by atoms with E-state index in [1.807, 2.05) is 6.92 Å². The van der Waals surface area contributed by atoms with E-state index in [1.165, 1.54) is 29.2 Å². The lowest BCUT2D eigenvalue weighted by molar-refractivity contribution is -0.384. The molecule has 2 rings (SSSR count). The number of benzene rings is 1. The normalized spacial score (nSPS) is 10.4. The monoisotopic (exact) mass is 389 g/mol. The molecule has 0 aliphatic heterocycles. The molecule has 3 amide bonds. The molecular weight excluding hydrogens is 366 g/mol. The fraction of sp³-hybridized carbons (Fsp3) is 0.389. The van der Waals surface area contributed by atoms with E-state index in [9.17, 15) is 19.7 Å². The average Bonchev–Trinajstić information content (AvgIpc) is 3.06. The topological polar surface area (TPSA) is 131 Å². The van der Waals surface area contributed by atoms with Gasteiger partial charge < -0.3 is 20.1 Å². The van der Waals surface area contributed by atoms with Crippen LogP contribution >= 0.6 is 0 Å². The standard InChI is InChI=1S/C18H23N5O5/c1-3-4-5-10-22(12-17(24)20-16-11-13(2)28-21-16)18(25)19-14-6-8-15(9-7-14)23(26)27/h6-9,11H,3-5,10,12H2,1-2H3,(H,19,25)(H,20,21,24). The van der Waals surface area contributed by atoms with Crippen molar-refractivity contribution in [2.45, 2.75) is 33.1 Å². The van der Waals surface area contributed by atoms with Crippen molar-refractivity contribution in [3.05, 3.63) is 46.2 Å². The molecule has 0 unspecified atom stereocenters. The Morgan fingerprint density at radius 3 is 2.50 bits per heavy atom. The number of hydrogen-bond acceptors (Lipinski definition) is 6. The SMILES string of the molecule is CCCCCN(CC(=O)Nc1cc(C)on1)C(=O)Nc1ccc([N+](=O)[O-])cc1. The second-order valence-corrected chi connectivity index (χ2v) is 6.23. The fourth-order valence-electron chi connectivity index (χ4n) is 2.46. The minimum Gasteiger partial charge on any atom is -0.360 e. The highest BCUT2D eigenvalue weighted by atomic mass is 16.6. The van der Waals surface area contributed by atoms with E-state index in [-0.39, 0.29) is 18.1 Å². The Bertz CT molecular complexity index is 818. The number of nitro benzene ring substituents is 1. The molecule has 0 bridgehead atoms. The highest BCUT2D eigenvalue weighted by Gasteiger charge is 2.18. The molecule has 2 N–H and O–H groups in total. The first-order valence-electron chi connectivity index (χ1n) is 8.92. The molecular formula is C18H23N5O5. The number of nitro groups is 1. The van der Waals surface area contributed by atoms with Crippen molar-refractivity contribution in [2.24, 2.45) is 0 Å². The van der Waals surface area contributed by atoms with Crippen LogP contribution in [0.4, 0.5) is 22.0 Å². The molecule has 0 saturated carbocycles. The van der Waals surface area contributed by atoms with Crippen LogP contribution in [0.5, 0.6) is 0 Å². The third-order valence-electron chi connectivity index (χ3n) is 3.88. The molecule has 2 aromatic rings. The molecule has 10 heteroatoms. The number of unbranched alkanes of at least 4 members (excludes halogenated alkanes) is 2. The van der Waals surface area contributed by atoms with Gasteiger partial charge in [-0.15, -0.1) is 0 Å². The summed E-state index contributed by atoms with van der Waals surface area (Å²) < 4.78 is 4.90. The summed E-state index contributed by atoms with van der Waals surface area (Å²) in [6, 6.07) is 6.61. The zero-order valence-corrected chi connectivity index (χ0v) is 15.8. The predicted octanol–water partition coefficient (Wildman–Crippen LogP) is 3.55. The zero-order chi connectivity index (χ0) is 20.5. The molecule has 10 nitrogen and oxygen atoms in total. The highest BCUT2D eigenvalue weighted by Crippen LogP contribution is 2.16. The third kappa shape index (κ3) is 6.38. The van der Waals surface area contributed by atoms with Crippen LogP contribution < -0.4 is 10.6 Å². The Morgan fingerprint density at radius 2 is 1.93 bits per heavy atom. The smallest absolute Gasteiger partial charge is 0.322 e. The molecule has 0 aliphatic carbocycles. The summed E-state index contributed by atoms with van der Waals surface area (Å²) >= 11 is 0. The largest absolute Gasteiger partial charge is 0.360 e. The number of non-ortho nitro benzene ring substituents is 1. The molecule has 0 aliphatic rings. The molecule has 0 radical (unpaired) electrons. The second kappa shape index (κ2) is 10.0. The van der Waals surface area contributed by atoms with Gasteiger partial charge in [0.1, 0.15) is 12.3 Å². The van der Waals surface area contributed by atoms with Crippen LogP contribution in [0.3, 0.4) is 0 Å². The van der Waals surface area contributed by atoms with E-state index in [0.717, 1.165) is 19.3 Å². The number of amides is 3. The molecule has 1 heterocycles. The van der Waals surface area contributed by atoms with Gasteiger partial charge in [-0.05, 0) is 25.5 Å². The lowest BCUT2D eigenvalue weighted by Gasteiger charge is -2.22. The fourth-order valence-corrected chi connectivity index (χ4v) is 2.46. The summed E-state index contributed by atoms with van der Waals surface area (Å²) in [5.74, 6) is 0.446. The number of aromatic nitrogens is 1. The Hall–Kier alpha value is -3.43. The van der Waals surface area contributed by atoms with Gasteiger partial charge in [-0.25, -0.2) is 4.79 Å². The maximum absolute atomic E-state index is 12.6. The quantitative estimate of drug-likeness (QED) is 0.383. The zero-order valence-electron chi connectivity index (χ0n) is 15.8. The second-order valence-electron chi connectivity index (χ2n) is 6.23. The Labute approximate surface area is 162 Å². The van der Waals surface area contributed by atoms with Crippen molar-refractivity contribution in [2.75, 3.05) is 23.7 Å². The summed E-state index contributed by atoms with van der Waals surface area (Å²) in [7, 11) is 0. The van der Waals surface area contributed by atoms with Crippen molar-refractivity contribution in [1.82, 2.24) is 10.1 Å². The summed E-state index contributed by atoms with van der Waals surface area (Å²) in [5.41, 5.74) is 0.337. The van der Waals surface area contributed by atoms with Gasteiger partial charge in [0.15, 0.2) is 5.82 Å². The van der Waals surface area contributed by atoms with E-state index >= 15 is 0 Å². The van der Waals surface area contributed by atoms with Crippen LogP contribution in [0.25, 0.3) is 0 Å². The Kier molecular flexibility index (Phi) is 7.49. The van der Waals surface area contributed by atoms with E-state index < -0.39 is 16.9 Å². The minimum atomic E-state index is -0.515. The molecule has 1 aromatic heterocycles. The lowest BCUT2D eigenvalue weighted by atomic mass is 10.2. The van der Waals surface area contributed by atoms with Crippen molar-refractivity contribution >= 4 is 29.1 Å². The maximum Gasteiger partial charge on any atom is 0.322 e. The number of rotatable bonds is 9. The summed E-state index contributed by atoms with van der Waals surface area (Å²) in [4.78, 5) is 36.4. The van der Waals surface area contributed by atoms with Crippen LogP contribution in [-0.2, 0) is 4.79 Å². The van der Waals surface area contributed by atoms with Gasteiger partial charge in [-0.1, -0.05) is 24.9 Å². The van der Waals surface area contributed by atoms with Crippen molar-refractivity contribution in [1.29, 1.82) is 0 Å². The van der Waals surface area contributed by atoms with Gasteiger partial charge in [0.25, 0.3) is 5.69 Å². The van der Waals surface area contributed by atoms with Crippen LogP contribution in [0.15, 0.2) is 34.9 Å². The molecule has 150 valence electrons. The van der Waals surface area contributed by atoms with Crippen LogP contribution in [0, 0.1) is 17.0 Å². The number of carbonyl (C=O) groups is 2. The van der Waals surface area contributed by atoms with Crippen LogP contribution in [0.1, 0.15) is 31.9 Å². The number of carbonyl (C=O) groups excluding carboxylic acids is 2. The molecule has 0 fully saturated rings. The summed E-state index contributed by atoms with van der Waals surface area (Å²) in [6.07, 6.45) is 2.65. The first-order valence-corrected chi connectivity index (χ1v) is 8.92. The average molecular weight is 389 g/mol. The van der Waals surface area contributed by atoms with Gasteiger partial charge in [0, 0.05) is 30.4 Å². The molecule has 28 heavy (non-hydrogen) atoms. The number of aryl methyl sites for hydroxylation is 1. The van der Waals surface area contributed by atoms with E-state index in [4.69, 9.17) is 4.52 Å². The highest BCUT2D eigenvalue weighted by molar-refractivity contribution is 5.96. The number of hydrogen-bond donors (Lipinski definition) is 2. The van der Waals surface area contributed by atoms with Gasteiger partial charge in [-0.3, -0.25) is 14.9 Å². The third-order valence-corrected chi connectivity index (χ3v) is 3.88. The molecule has 1 aromatic carbocycles. The van der Waals surface area contributed by atoms with E-state index in [0.29, 0.717) is 18.0 Å². The first-order chi connectivity index (χ1) is 13.4. The van der Waals surface area contributed by atoms with E-state index in [2.05, 4.69) is 15.8 Å².